The highest BCUT2D eigenvalue weighted by atomic mass is 16.5. The predicted octanol–water partition coefficient (Wildman–Crippen LogP) is 4.61. The van der Waals surface area contributed by atoms with Crippen molar-refractivity contribution in [3.63, 3.8) is 0 Å². The van der Waals surface area contributed by atoms with Crippen LogP contribution in [-0.4, -0.2) is 17.1 Å². The third kappa shape index (κ3) is 2.64. The molecule has 0 bridgehead atoms. The monoisotopic (exact) mass is 296 g/mol. The molecule has 2 aromatic heterocycles. The van der Waals surface area contributed by atoms with Gasteiger partial charge in [-0.2, -0.15) is 0 Å². The lowest BCUT2D eigenvalue weighted by Crippen LogP contribution is -1.86. The summed E-state index contributed by atoms with van der Waals surface area (Å²) in [6, 6.07) is 11.7. The van der Waals surface area contributed by atoms with Gasteiger partial charge in [-0.25, -0.2) is 4.98 Å². The standard InChI is InChI=1S/C18H20N2O2/c1-4-7-14-12(2)19-18(20-14)17-11-10-16(22-17)13-8-5-6-9-15(13)21-3/h5-6,8-11H,4,7H2,1-3H3,(H,19,20). The van der Waals surface area contributed by atoms with Crippen molar-refractivity contribution in [3.05, 3.63) is 47.8 Å². The zero-order chi connectivity index (χ0) is 15.5. The van der Waals surface area contributed by atoms with Gasteiger partial charge < -0.3 is 14.1 Å². The number of H-pyrrole nitrogens is 1. The van der Waals surface area contributed by atoms with E-state index in [1.807, 2.05) is 43.3 Å². The van der Waals surface area contributed by atoms with Crippen LogP contribution in [0.1, 0.15) is 24.7 Å². The molecule has 2 heterocycles. The van der Waals surface area contributed by atoms with E-state index in [0.717, 1.165) is 52.9 Å². The van der Waals surface area contributed by atoms with Crippen LogP contribution in [0.15, 0.2) is 40.8 Å². The number of imidazole rings is 1. The minimum atomic E-state index is 0.742. The van der Waals surface area contributed by atoms with E-state index in [4.69, 9.17) is 9.15 Å². The lowest BCUT2D eigenvalue weighted by Gasteiger charge is -2.04. The van der Waals surface area contributed by atoms with Crippen LogP contribution >= 0.6 is 0 Å². The summed E-state index contributed by atoms with van der Waals surface area (Å²) in [5.74, 6) is 3.10. The minimum absolute atomic E-state index is 0.742. The molecule has 0 amide bonds. The summed E-state index contributed by atoms with van der Waals surface area (Å²) in [6.45, 7) is 4.20. The number of hydrogen-bond acceptors (Lipinski definition) is 3. The summed E-state index contributed by atoms with van der Waals surface area (Å²) in [5.41, 5.74) is 3.15. The number of hydrogen-bond donors (Lipinski definition) is 1. The van der Waals surface area contributed by atoms with Gasteiger partial charge in [-0.3, -0.25) is 0 Å². The second-order valence-electron chi connectivity index (χ2n) is 5.27. The molecule has 0 spiro atoms. The molecular weight excluding hydrogens is 276 g/mol. The number of furan rings is 1. The van der Waals surface area contributed by atoms with Gasteiger partial charge >= 0.3 is 0 Å². The first kappa shape index (κ1) is 14.4. The second kappa shape index (κ2) is 6.10. The summed E-state index contributed by atoms with van der Waals surface area (Å²) < 4.78 is 11.4. The van der Waals surface area contributed by atoms with E-state index in [-0.39, 0.29) is 0 Å². The predicted molar refractivity (Wildman–Crippen MR) is 87.0 cm³/mol. The average molecular weight is 296 g/mol. The van der Waals surface area contributed by atoms with Gasteiger partial charge in [-0.1, -0.05) is 25.5 Å². The van der Waals surface area contributed by atoms with Crippen molar-refractivity contribution in [2.24, 2.45) is 0 Å². The van der Waals surface area contributed by atoms with Crippen molar-refractivity contribution in [2.45, 2.75) is 26.7 Å². The molecule has 0 saturated carbocycles. The van der Waals surface area contributed by atoms with Crippen LogP contribution in [0, 0.1) is 6.92 Å². The average Bonchev–Trinajstić information content (AvgIpc) is 3.15. The van der Waals surface area contributed by atoms with Gasteiger partial charge in [0.05, 0.1) is 18.4 Å². The number of ether oxygens (including phenoxy) is 1. The van der Waals surface area contributed by atoms with E-state index >= 15 is 0 Å². The lowest BCUT2D eigenvalue weighted by atomic mass is 10.1. The Labute approximate surface area is 130 Å². The van der Waals surface area contributed by atoms with E-state index in [1.165, 1.54) is 0 Å². The smallest absolute Gasteiger partial charge is 0.174 e. The van der Waals surface area contributed by atoms with Gasteiger partial charge in [0, 0.05) is 5.69 Å². The highest BCUT2D eigenvalue weighted by Gasteiger charge is 2.14. The maximum Gasteiger partial charge on any atom is 0.174 e. The number of rotatable bonds is 5. The second-order valence-corrected chi connectivity index (χ2v) is 5.27. The third-order valence-corrected chi connectivity index (χ3v) is 3.68. The largest absolute Gasteiger partial charge is 0.496 e. The van der Waals surface area contributed by atoms with Crippen LogP contribution < -0.4 is 4.74 Å². The molecular formula is C18H20N2O2. The summed E-state index contributed by atoms with van der Waals surface area (Å²) in [5, 5.41) is 0. The lowest BCUT2D eigenvalue weighted by molar-refractivity contribution is 0.415. The van der Waals surface area contributed by atoms with Gasteiger partial charge in [0.1, 0.15) is 11.5 Å². The number of para-hydroxylation sites is 1. The van der Waals surface area contributed by atoms with Crippen LogP contribution in [0.5, 0.6) is 5.75 Å². The third-order valence-electron chi connectivity index (χ3n) is 3.68. The molecule has 114 valence electrons. The van der Waals surface area contributed by atoms with Crippen LogP contribution in [0.2, 0.25) is 0 Å². The van der Waals surface area contributed by atoms with Gasteiger partial charge in [0.25, 0.3) is 0 Å². The molecule has 4 heteroatoms. The van der Waals surface area contributed by atoms with Gasteiger partial charge in [0.2, 0.25) is 0 Å². The topological polar surface area (TPSA) is 51.1 Å². The Bertz CT molecular complexity index is 771. The zero-order valence-electron chi connectivity index (χ0n) is 13.1. The van der Waals surface area contributed by atoms with E-state index in [0.29, 0.717) is 0 Å². The first-order valence-electron chi connectivity index (χ1n) is 7.52. The fraction of sp³-hybridized carbons (Fsp3) is 0.278. The van der Waals surface area contributed by atoms with Crippen LogP contribution in [0.4, 0.5) is 0 Å². The normalized spacial score (nSPS) is 10.9. The van der Waals surface area contributed by atoms with Crippen molar-refractivity contribution < 1.29 is 9.15 Å². The summed E-state index contributed by atoms with van der Waals surface area (Å²) >= 11 is 0. The summed E-state index contributed by atoms with van der Waals surface area (Å²) in [4.78, 5) is 7.94. The summed E-state index contributed by atoms with van der Waals surface area (Å²) in [7, 11) is 1.66. The number of methoxy groups -OCH3 is 1. The molecule has 1 N–H and O–H groups in total. The first-order chi connectivity index (χ1) is 10.7. The molecule has 22 heavy (non-hydrogen) atoms. The fourth-order valence-corrected chi connectivity index (χ4v) is 2.55. The Morgan fingerprint density at radius 1 is 1.14 bits per heavy atom. The van der Waals surface area contributed by atoms with Crippen molar-refractivity contribution >= 4 is 0 Å². The molecule has 1 aromatic carbocycles. The van der Waals surface area contributed by atoms with Crippen molar-refractivity contribution in [1.29, 1.82) is 0 Å². The highest BCUT2D eigenvalue weighted by Crippen LogP contribution is 2.33. The fourth-order valence-electron chi connectivity index (χ4n) is 2.55. The van der Waals surface area contributed by atoms with Gasteiger partial charge in [0.15, 0.2) is 11.6 Å². The Kier molecular flexibility index (Phi) is 4.00. The molecule has 3 aromatic rings. The molecule has 4 nitrogen and oxygen atoms in total. The molecule has 0 radical (unpaired) electrons. The Hall–Kier alpha value is -2.49. The number of benzene rings is 1. The molecule has 0 fully saturated rings. The van der Waals surface area contributed by atoms with Crippen molar-refractivity contribution in [2.75, 3.05) is 7.11 Å². The zero-order valence-corrected chi connectivity index (χ0v) is 13.1. The highest BCUT2D eigenvalue weighted by molar-refractivity contribution is 5.68. The number of aromatic nitrogens is 2. The Balaban J connectivity index is 1.95. The van der Waals surface area contributed by atoms with Crippen LogP contribution in [0.3, 0.4) is 0 Å². The first-order valence-corrected chi connectivity index (χ1v) is 7.52. The quantitative estimate of drug-likeness (QED) is 0.748. The maximum absolute atomic E-state index is 5.97. The number of nitrogens with zero attached hydrogens (tertiary/aromatic N) is 1. The molecule has 3 rings (SSSR count). The molecule has 0 saturated heterocycles. The number of aromatic amines is 1. The van der Waals surface area contributed by atoms with E-state index < -0.39 is 0 Å². The van der Waals surface area contributed by atoms with Crippen molar-refractivity contribution in [3.8, 4) is 28.7 Å². The van der Waals surface area contributed by atoms with Gasteiger partial charge in [-0.15, -0.1) is 0 Å². The number of aryl methyl sites for hydroxylation is 2. The van der Waals surface area contributed by atoms with Crippen LogP contribution in [-0.2, 0) is 6.42 Å². The SMILES string of the molecule is CCCc1nc(-c2ccc(-c3ccccc3OC)o2)[nH]c1C. The molecule has 0 unspecified atom stereocenters. The molecule has 0 aliphatic rings. The van der Waals surface area contributed by atoms with Gasteiger partial charge in [-0.05, 0) is 37.6 Å². The van der Waals surface area contributed by atoms with Crippen LogP contribution in [0.25, 0.3) is 22.9 Å². The molecule has 0 atom stereocenters. The Morgan fingerprint density at radius 3 is 2.68 bits per heavy atom. The van der Waals surface area contributed by atoms with Crippen molar-refractivity contribution in [1.82, 2.24) is 9.97 Å². The van der Waals surface area contributed by atoms with E-state index in [2.05, 4.69) is 16.9 Å². The molecule has 0 aliphatic heterocycles. The minimum Gasteiger partial charge on any atom is -0.496 e. The van der Waals surface area contributed by atoms with E-state index in [1.54, 1.807) is 7.11 Å². The summed E-state index contributed by atoms with van der Waals surface area (Å²) in [6.07, 6.45) is 2.05. The number of nitrogens with one attached hydrogen (secondary N) is 1. The van der Waals surface area contributed by atoms with E-state index in [9.17, 15) is 0 Å². The maximum atomic E-state index is 5.97. The Morgan fingerprint density at radius 2 is 1.91 bits per heavy atom. The molecule has 0 aliphatic carbocycles.